The Morgan fingerprint density at radius 2 is 1.72 bits per heavy atom. The first kappa shape index (κ1) is 25.5. The molecule has 1 aliphatic carbocycles. The van der Waals surface area contributed by atoms with Crippen molar-refractivity contribution >= 4 is 39.9 Å². The average molecular weight is 516 g/mol. The lowest BCUT2D eigenvalue weighted by Gasteiger charge is -2.23. The standard InChI is InChI=1S/C25H29N3O7S/c1-33-20-9-7-19(8-10-20)28(13-23(29)26-17-4-2-3-5-17)25(31)15-36(32)14-24(30)27-18-6-11-21-22(12-18)35-16-34-21/h6-12,17H,2-5,13-16H2,1H3,(H,26,29)(H,27,30)/t36-/m0/s1. The van der Waals surface area contributed by atoms with E-state index >= 15 is 0 Å². The van der Waals surface area contributed by atoms with Crippen molar-refractivity contribution in [2.45, 2.75) is 31.7 Å². The maximum absolute atomic E-state index is 13.1. The van der Waals surface area contributed by atoms with E-state index in [1.165, 1.54) is 12.0 Å². The number of nitrogens with one attached hydrogen (secondary N) is 2. The number of anilines is 2. The van der Waals surface area contributed by atoms with Crippen LogP contribution in [0.1, 0.15) is 25.7 Å². The molecule has 1 fully saturated rings. The quantitative estimate of drug-likeness (QED) is 0.497. The molecule has 1 heterocycles. The highest BCUT2D eigenvalue weighted by molar-refractivity contribution is 7.86. The summed E-state index contributed by atoms with van der Waals surface area (Å²) in [6, 6.07) is 11.7. The number of hydrogen-bond donors (Lipinski definition) is 2. The number of carbonyl (C=O) groups excluding carboxylic acids is 3. The highest BCUT2D eigenvalue weighted by Gasteiger charge is 2.25. The molecule has 10 nitrogen and oxygen atoms in total. The number of rotatable bonds is 10. The van der Waals surface area contributed by atoms with Crippen LogP contribution in [0, 0.1) is 0 Å². The Morgan fingerprint density at radius 3 is 2.44 bits per heavy atom. The van der Waals surface area contributed by atoms with E-state index in [2.05, 4.69) is 10.6 Å². The van der Waals surface area contributed by atoms with Crippen molar-refractivity contribution in [3.63, 3.8) is 0 Å². The summed E-state index contributed by atoms with van der Waals surface area (Å²) in [7, 11) is -0.255. The lowest BCUT2D eigenvalue weighted by Crippen LogP contribution is -2.45. The van der Waals surface area contributed by atoms with Crippen LogP contribution < -0.4 is 29.7 Å². The molecule has 0 radical (unpaired) electrons. The van der Waals surface area contributed by atoms with Crippen LogP contribution in [0.2, 0.25) is 0 Å². The lowest BCUT2D eigenvalue weighted by molar-refractivity contribution is -0.123. The third-order valence-electron chi connectivity index (χ3n) is 5.94. The number of methoxy groups -OCH3 is 1. The molecule has 0 saturated heterocycles. The summed E-state index contributed by atoms with van der Waals surface area (Å²) in [5.41, 5.74) is 0.945. The minimum absolute atomic E-state index is 0.110. The minimum atomic E-state index is -1.79. The van der Waals surface area contributed by atoms with E-state index in [1.807, 2.05) is 0 Å². The van der Waals surface area contributed by atoms with Gasteiger partial charge < -0.3 is 29.7 Å². The summed E-state index contributed by atoms with van der Waals surface area (Å²) in [6.45, 7) is -0.0928. The molecule has 2 aromatic rings. The maximum atomic E-state index is 13.1. The van der Waals surface area contributed by atoms with E-state index in [1.54, 1.807) is 42.5 Å². The van der Waals surface area contributed by atoms with Gasteiger partial charge in [0, 0.05) is 34.3 Å². The van der Waals surface area contributed by atoms with Crippen molar-refractivity contribution in [2.24, 2.45) is 0 Å². The Labute approximate surface area is 211 Å². The van der Waals surface area contributed by atoms with E-state index in [9.17, 15) is 18.6 Å². The van der Waals surface area contributed by atoms with Gasteiger partial charge in [0.05, 0.1) is 7.11 Å². The van der Waals surface area contributed by atoms with Gasteiger partial charge in [-0.2, -0.15) is 0 Å². The van der Waals surface area contributed by atoms with E-state index < -0.39 is 28.4 Å². The van der Waals surface area contributed by atoms with Gasteiger partial charge in [-0.05, 0) is 49.2 Å². The topological polar surface area (TPSA) is 123 Å². The molecule has 3 amide bonds. The van der Waals surface area contributed by atoms with E-state index in [0.717, 1.165) is 25.7 Å². The molecule has 2 N–H and O–H groups in total. The third-order valence-corrected chi connectivity index (χ3v) is 7.09. The monoisotopic (exact) mass is 515 g/mol. The van der Waals surface area contributed by atoms with Crippen molar-refractivity contribution < 1.29 is 32.8 Å². The van der Waals surface area contributed by atoms with Gasteiger partial charge in [-0.1, -0.05) is 12.8 Å². The number of carbonyl (C=O) groups is 3. The predicted octanol–water partition coefficient (Wildman–Crippen LogP) is 2.20. The second-order valence-electron chi connectivity index (χ2n) is 8.57. The molecular weight excluding hydrogens is 486 g/mol. The van der Waals surface area contributed by atoms with Crippen LogP contribution in [-0.2, 0) is 25.2 Å². The van der Waals surface area contributed by atoms with Gasteiger partial charge in [0.1, 0.15) is 23.8 Å². The molecule has 2 aromatic carbocycles. The van der Waals surface area contributed by atoms with Crippen LogP contribution in [0.15, 0.2) is 42.5 Å². The molecule has 192 valence electrons. The average Bonchev–Trinajstić information content (AvgIpc) is 3.54. The normalized spacial score (nSPS) is 15.2. The zero-order valence-corrected chi connectivity index (χ0v) is 20.8. The van der Waals surface area contributed by atoms with Crippen LogP contribution in [0.3, 0.4) is 0 Å². The molecule has 0 aromatic heterocycles. The Hall–Kier alpha value is -3.60. The summed E-state index contributed by atoms with van der Waals surface area (Å²) in [5.74, 6) is -0.385. The number of nitrogens with zero attached hydrogens (tertiary/aromatic N) is 1. The Bertz CT molecular complexity index is 1130. The first-order chi connectivity index (χ1) is 17.4. The zero-order valence-electron chi connectivity index (χ0n) is 20.0. The molecule has 1 aliphatic heterocycles. The second-order valence-corrected chi connectivity index (χ2v) is 10.0. The number of fused-ring (bicyclic) bond motifs is 1. The summed E-state index contributed by atoms with van der Waals surface area (Å²) in [6.07, 6.45) is 3.98. The van der Waals surface area contributed by atoms with Crippen molar-refractivity contribution in [1.82, 2.24) is 5.32 Å². The summed E-state index contributed by atoms with van der Waals surface area (Å²) < 4.78 is 28.4. The van der Waals surface area contributed by atoms with Gasteiger partial charge >= 0.3 is 0 Å². The molecule has 2 aliphatic rings. The lowest BCUT2D eigenvalue weighted by atomic mass is 10.2. The van der Waals surface area contributed by atoms with Crippen LogP contribution in [-0.4, -0.2) is 59.9 Å². The third kappa shape index (κ3) is 6.75. The molecule has 4 rings (SSSR count). The summed E-state index contributed by atoms with van der Waals surface area (Å²) >= 11 is 0. The Kier molecular flexibility index (Phi) is 8.42. The number of hydrogen-bond acceptors (Lipinski definition) is 7. The Balaban J connectivity index is 1.36. The molecule has 11 heteroatoms. The van der Waals surface area contributed by atoms with E-state index in [4.69, 9.17) is 14.2 Å². The van der Waals surface area contributed by atoms with Crippen molar-refractivity contribution in [2.75, 3.05) is 42.2 Å². The van der Waals surface area contributed by atoms with Crippen molar-refractivity contribution in [1.29, 1.82) is 0 Å². The molecule has 1 saturated carbocycles. The van der Waals surface area contributed by atoms with Crippen molar-refractivity contribution in [3.8, 4) is 17.2 Å². The van der Waals surface area contributed by atoms with Crippen LogP contribution in [0.25, 0.3) is 0 Å². The SMILES string of the molecule is COc1ccc(N(CC(=O)NC2CCCC2)C(=O)C[S@@](=O)CC(=O)Nc2ccc3c(c2)OCO3)cc1. The van der Waals surface area contributed by atoms with Gasteiger partial charge in [0.15, 0.2) is 11.5 Å². The fourth-order valence-electron chi connectivity index (χ4n) is 4.16. The smallest absolute Gasteiger partial charge is 0.240 e. The molecule has 0 unspecified atom stereocenters. The minimum Gasteiger partial charge on any atom is -0.497 e. The summed E-state index contributed by atoms with van der Waals surface area (Å²) in [5, 5.41) is 5.62. The zero-order chi connectivity index (χ0) is 25.5. The number of benzene rings is 2. The fourth-order valence-corrected chi connectivity index (χ4v) is 5.05. The first-order valence-electron chi connectivity index (χ1n) is 11.7. The summed E-state index contributed by atoms with van der Waals surface area (Å²) in [4.78, 5) is 39.5. The molecular formula is C25H29N3O7S. The molecule has 0 bridgehead atoms. The predicted molar refractivity (Wildman–Crippen MR) is 135 cm³/mol. The van der Waals surface area contributed by atoms with Gasteiger partial charge in [-0.3, -0.25) is 18.6 Å². The highest BCUT2D eigenvalue weighted by atomic mass is 32.2. The largest absolute Gasteiger partial charge is 0.497 e. The van der Waals surface area contributed by atoms with Crippen molar-refractivity contribution in [3.05, 3.63) is 42.5 Å². The van der Waals surface area contributed by atoms with E-state index in [-0.39, 0.29) is 31.0 Å². The molecule has 36 heavy (non-hydrogen) atoms. The Morgan fingerprint density at radius 1 is 1.00 bits per heavy atom. The van der Waals surface area contributed by atoms with E-state index in [0.29, 0.717) is 28.6 Å². The van der Waals surface area contributed by atoms with Gasteiger partial charge in [-0.15, -0.1) is 0 Å². The van der Waals surface area contributed by atoms with Crippen LogP contribution in [0.4, 0.5) is 11.4 Å². The maximum Gasteiger partial charge on any atom is 0.240 e. The molecule has 0 spiro atoms. The van der Waals surface area contributed by atoms with Crippen LogP contribution in [0.5, 0.6) is 17.2 Å². The first-order valence-corrected chi connectivity index (χ1v) is 13.2. The fraction of sp³-hybridized carbons (Fsp3) is 0.400. The number of ether oxygens (including phenoxy) is 3. The van der Waals surface area contributed by atoms with Crippen LogP contribution >= 0.6 is 0 Å². The highest BCUT2D eigenvalue weighted by Crippen LogP contribution is 2.34. The number of amides is 3. The van der Waals surface area contributed by atoms with Gasteiger partial charge in [0.25, 0.3) is 0 Å². The van der Waals surface area contributed by atoms with Gasteiger partial charge in [0.2, 0.25) is 24.5 Å². The molecule has 1 atom stereocenters. The van der Waals surface area contributed by atoms with Gasteiger partial charge in [-0.25, -0.2) is 0 Å². The second kappa shape index (κ2) is 11.9.